The van der Waals surface area contributed by atoms with Crippen LogP contribution in [0.25, 0.3) is 15.5 Å². The van der Waals surface area contributed by atoms with E-state index in [4.69, 9.17) is 5.10 Å². The average Bonchev–Trinajstić information content (AvgIpc) is 3.28. The Labute approximate surface area is 186 Å². The fraction of sp³-hybridized carbons (Fsp3) is 0.583. The third kappa shape index (κ3) is 3.37. The average molecular weight is 436 g/mol. The Kier molecular flexibility index (Phi) is 4.46. The lowest BCUT2D eigenvalue weighted by Crippen LogP contribution is -2.47. The molecule has 1 amide bonds. The molecular formula is C24H29N5OS. The van der Waals surface area contributed by atoms with Crippen molar-refractivity contribution >= 4 is 27.9 Å². The third-order valence-corrected chi connectivity index (χ3v) is 8.78. The van der Waals surface area contributed by atoms with E-state index in [0.29, 0.717) is 6.42 Å². The number of amides is 1. The number of benzene rings is 1. The second-order valence-electron chi connectivity index (χ2n) is 10.2. The van der Waals surface area contributed by atoms with Gasteiger partial charge in [0.05, 0.1) is 0 Å². The molecule has 7 rings (SSSR count). The smallest absolute Gasteiger partial charge is 0.234 e. The van der Waals surface area contributed by atoms with Gasteiger partial charge < -0.3 is 5.32 Å². The van der Waals surface area contributed by atoms with E-state index in [-0.39, 0.29) is 11.3 Å². The lowest BCUT2D eigenvalue weighted by atomic mass is 9.49. The van der Waals surface area contributed by atoms with E-state index in [2.05, 4.69) is 47.6 Å². The van der Waals surface area contributed by atoms with Gasteiger partial charge in [-0.3, -0.25) is 4.79 Å². The van der Waals surface area contributed by atoms with Gasteiger partial charge in [0.1, 0.15) is 5.01 Å². The van der Waals surface area contributed by atoms with Crippen LogP contribution in [0.1, 0.15) is 63.3 Å². The predicted molar refractivity (Wildman–Crippen MR) is 122 cm³/mol. The number of nitrogens with one attached hydrogen (secondary N) is 1. The van der Waals surface area contributed by atoms with Gasteiger partial charge in [-0.15, -0.1) is 10.2 Å². The maximum absolute atomic E-state index is 13.1. The lowest BCUT2D eigenvalue weighted by molar-refractivity contribution is -0.124. The lowest BCUT2D eigenvalue weighted by Gasteiger charge is -2.56. The van der Waals surface area contributed by atoms with Gasteiger partial charge in [0.2, 0.25) is 10.9 Å². The molecule has 0 radical (unpaired) electrons. The van der Waals surface area contributed by atoms with Crippen molar-refractivity contribution in [2.24, 2.45) is 23.2 Å². The standard InChI is InChI=1S/C24H29N5OS/c1-3-20-26-27-23-29(20)28-22(31-23)18-5-4-14(2)19(9-18)25-21(30)13-24-10-15-6-16(11-24)8-17(7-15)12-24/h4-5,9,15-17H,3,6-8,10-13H2,1-2H3,(H,25,30). The van der Waals surface area contributed by atoms with Crippen LogP contribution in [0.15, 0.2) is 18.2 Å². The van der Waals surface area contributed by atoms with E-state index in [1.54, 1.807) is 0 Å². The van der Waals surface area contributed by atoms with E-state index < -0.39 is 0 Å². The molecule has 162 valence electrons. The molecule has 0 aliphatic heterocycles. The van der Waals surface area contributed by atoms with E-state index in [1.165, 1.54) is 49.9 Å². The van der Waals surface area contributed by atoms with Crippen LogP contribution in [0.3, 0.4) is 0 Å². The molecule has 4 aliphatic carbocycles. The number of anilines is 1. The molecule has 0 saturated heterocycles. The van der Waals surface area contributed by atoms with Gasteiger partial charge in [0.25, 0.3) is 0 Å². The highest BCUT2D eigenvalue weighted by Gasteiger charge is 2.51. The predicted octanol–water partition coefficient (Wildman–Crippen LogP) is 5.27. The number of nitrogens with zero attached hydrogens (tertiary/aromatic N) is 4. The molecule has 4 bridgehead atoms. The first kappa shape index (κ1) is 19.4. The van der Waals surface area contributed by atoms with Crippen molar-refractivity contribution in [1.82, 2.24) is 19.8 Å². The fourth-order valence-corrected chi connectivity index (χ4v) is 7.78. The minimum atomic E-state index is 0.175. The number of carbonyl (C=O) groups excluding carboxylic acids is 1. The zero-order valence-electron chi connectivity index (χ0n) is 18.2. The van der Waals surface area contributed by atoms with Crippen LogP contribution >= 0.6 is 11.3 Å². The Morgan fingerprint density at radius 2 is 1.87 bits per heavy atom. The SMILES string of the molecule is CCc1nnc2sc(-c3ccc(C)c(NC(=O)CC45CC6CC(CC(C6)C4)C5)c3)nn12. The number of aromatic nitrogens is 4. The van der Waals surface area contributed by atoms with Crippen LogP contribution in [0.5, 0.6) is 0 Å². The molecule has 6 nitrogen and oxygen atoms in total. The number of hydrogen-bond acceptors (Lipinski definition) is 5. The summed E-state index contributed by atoms with van der Waals surface area (Å²) in [5.41, 5.74) is 3.25. The molecule has 7 heteroatoms. The van der Waals surface area contributed by atoms with E-state index in [1.807, 2.05) is 4.52 Å². The summed E-state index contributed by atoms with van der Waals surface area (Å²) in [7, 11) is 0. The van der Waals surface area contributed by atoms with E-state index in [9.17, 15) is 4.79 Å². The molecule has 4 aliphatic rings. The Balaban J connectivity index is 1.22. The van der Waals surface area contributed by atoms with Gasteiger partial charge in [-0.05, 0) is 80.2 Å². The number of hydrogen-bond donors (Lipinski definition) is 1. The van der Waals surface area contributed by atoms with Crippen LogP contribution in [-0.4, -0.2) is 25.7 Å². The maximum atomic E-state index is 13.1. The summed E-state index contributed by atoms with van der Waals surface area (Å²) in [6, 6.07) is 6.20. The van der Waals surface area contributed by atoms with Crippen molar-refractivity contribution in [2.75, 3.05) is 5.32 Å². The summed E-state index contributed by atoms with van der Waals surface area (Å²) in [6.45, 7) is 4.11. The first-order valence-corrected chi connectivity index (χ1v) is 12.4. The van der Waals surface area contributed by atoms with Gasteiger partial charge >= 0.3 is 0 Å². The number of carbonyl (C=O) groups is 1. The van der Waals surface area contributed by atoms with Crippen LogP contribution in [0.2, 0.25) is 0 Å². The van der Waals surface area contributed by atoms with Gasteiger partial charge in [0, 0.05) is 24.1 Å². The first-order valence-electron chi connectivity index (χ1n) is 11.6. The van der Waals surface area contributed by atoms with Gasteiger partial charge in [0.15, 0.2) is 5.82 Å². The summed E-state index contributed by atoms with van der Waals surface area (Å²) >= 11 is 1.53. The topological polar surface area (TPSA) is 72.2 Å². The van der Waals surface area contributed by atoms with Crippen LogP contribution in [0, 0.1) is 30.1 Å². The molecule has 2 aromatic heterocycles. The molecule has 0 atom stereocenters. The minimum Gasteiger partial charge on any atom is -0.326 e. The summed E-state index contributed by atoms with van der Waals surface area (Å²) in [5.74, 6) is 3.66. The normalized spacial score (nSPS) is 29.0. The Morgan fingerprint density at radius 1 is 1.16 bits per heavy atom. The van der Waals surface area contributed by atoms with Crippen molar-refractivity contribution in [3.63, 3.8) is 0 Å². The van der Waals surface area contributed by atoms with E-state index >= 15 is 0 Å². The van der Waals surface area contributed by atoms with Gasteiger partial charge in [-0.1, -0.05) is 30.4 Å². The fourth-order valence-electron chi connectivity index (χ4n) is 6.93. The van der Waals surface area contributed by atoms with Crippen molar-refractivity contribution in [3.8, 4) is 10.6 Å². The third-order valence-electron chi connectivity index (χ3n) is 7.83. The molecule has 31 heavy (non-hydrogen) atoms. The highest BCUT2D eigenvalue weighted by molar-refractivity contribution is 7.19. The quantitative estimate of drug-likeness (QED) is 0.593. The first-order chi connectivity index (χ1) is 15.0. The Bertz CT molecular complexity index is 1130. The molecule has 4 saturated carbocycles. The monoisotopic (exact) mass is 435 g/mol. The molecule has 0 unspecified atom stereocenters. The highest BCUT2D eigenvalue weighted by atomic mass is 32.1. The zero-order valence-corrected chi connectivity index (χ0v) is 19.0. The molecule has 3 aromatic rings. The van der Waals surface area contributed by atoms with Gasteiger partial charge in [-0.2, -0.15) is 9.61 Å². The molecular weight excluding hydrogens is 406 g/mol. The second-order valence-corrected chi connectivity index (χ2v) is 11.2. The summed E-state index contributed by atoms with van der Waals surface area (Å²) < 4.78 is 1.82. The minimum absolute atomic E-state index is 0.175. The zero-order chi connectivity index (χ0) is 21.2. The number of aryl methyl sites for hydroxylation is 2. The summed E-state index contributed by atoms with van der Waals surface area (Å²) in [4.78, 5) is 13.9. The molecule has 4 fully saturated rings. The molecule has 2 heterocycles. The molecule has 1 aromatic carbocycles. The van der Waals surface area contributed by atoms with Gasteiger partial charge in [-0.25, -0.2) is 0 Å². The van der Waals surface area contributed by atoms with E-state index in [0.717, 1.165) is 56.8 Å². The molecule has 0 spiro atoms. The number of rotatable bonds is 5. The largest absolute Gasteiger partial charge is 0.326 e. The summed E-state index contributed by atoms with van der Waals surface area (Å²) in [6.07, 6.45) is 9.49. The Hall–Kier alpha value is -2.28. The highest BCUT2D eigenvalue weighted by Crippen LogP contribution is 2.61. The van der Waals surface area contributed by atoms with Crippen molar-refractivity contribution in [1.29, 1.82) is 0 Å². The van der Waals surface area contributed by atoms with Crippen LogP contribution in [-0.2, 0) is 11.2 Å². The van der Waals surface area contributed by atoms with Crippen molar-refractivity contribution < 1.29 is 4.79 Å². The molecule has 1 N–H and O–H groups in total. The Morgan fingerprint density at radius 3 is 2.55 bits per heavy atom. The van der Waals surface area contributed by atoms with Crippen molar-refractivity contribution in [2.45, 2.75) is 65.2 Å². The van der Waals surface area contributed by atoms with Crippen LogP contribution in [0.4, 0.5) is 5.69 Å². The summed E-state index contributed by atoms with van der Waals surface area (Å²) in [5, 5.41) is 17.3. The van der Waals surface area contributed by atoms with Crippen molar-refractivity contribution in [3.05, 3.63) is 29.6 Å². The maximum Gasteiger partial charge on any atom is 0.234 e. The van der Waals surface area contributed by atoms with Crippen LogP contribution < -0.4 is 5.32 Å². The number of fused-ring (bicyclic) bond motifs is 1. The second kappa shape index (κ2) is 7.12.